The summed E-state index contributed by atoms with van der Waals surface area (Å²) in [5.74, 6) is -2.61. The molecule has 232 valence electrons. The predicted molar refractivity (Wildman–Crippen MR) is 143 cm³/mol. The number of amides is 2. The fourth-order valence-corrected chi connectivity index (χ4v) is 6.94. The lowest BCUT2D eigenvalue weighted by Gasteiger charge is -2.59. The maximum Gasteiger partial charge on any atom is 0.326 e. The smallest absolute Gasteiger partial charge is 0.326 e. The fourth-order valence-electron chi connectivity index (χ4n) is 6.94. The number of nitrogens with one attached hydrogen (secondary N) is 2. The van der Waals surface area contributed by atoms with Crippen molar-refractivity contribution in [1.29, 1.82) is 0 Å². The molecule has 0 aromatic carbocycles. The number of carbonyl (C=O) groups excluding carboxylic acids is 3. The van der Waals surface area contributed by atoms with Gasteiger partial charge in [0.05, 0.1) is 6.42 Å². The number of rotatable bonds is 12. The Morgan fingerprint density at radius 3 is 2.46 bits per heavy atom. The largest absolute Gasteiger partial charge is 0.480 e. The standard InChI is InChI=1S/C29H46N2O10/c1-16(2)15-21(25(35)36)31-23(33)7-6-14-30-22(32)10-11-24(34)37-26-18(4)20-9-8-17(3)19-12-13-28(5)39-27(38-26)29(19,20)41-40-28/h16-21,26-27H,6-15H2,1-5H3,(H,30,32)(H,31,33)(H,35,36)/t17-,18+,19+,20-,21+,26-,27+,28-,29+/m1/s1. The maximum absolute atomic E-state index is 12.7. The summed E-state index contributed by atoms with van der Waals surface area (Å²) in [6.45, 7) is 10.1. The Bertz CT molecular complexity index is 991. The predicted octanol–water partition coefficient (Wildman–Crippen LogP) is 3.03. The Kier molecular flexibility index (Phi) is 9.98. The lowest BCUT2D eigenvalue weighted by Crippen LogP contribution is -2.70. The molecule has 1 aliphatic carbocycles. The van der Waals surface area contributed by atoms with Gasteiger partial charge in [-0.3, -0.25) is 14.4 Å². The zero-order valence-electron chi connectivity index (χ0n) is 24.8. The van der Waals surface area contributed by atoms with Gasteiger partial charge in [0, 0.05) is 37.6 Å². The van der Waals surface area contributed by atoms with Crippen LogP contribution >= 0.6 is 0 Å². The molecular weight excluding hydrogens is 536 g/mol. The highest BCUT2D eigenvalue weighted by Gasteiger charge is 2.69. The minimum atomic E-state index is -1.07. The molecule has 4 aliphatic heterocycles. The summed E-state index contributed by atoms with van der Waals surface area (Å²) in [4.78, 5) is 60.3. The second-order valence-electron chi connectivity index (χ2n) is 12.8. The first-order valence-corrected chi connectivity index (χ1v) is 15.0. The molecular formula is C29H46N2O10. The molecule has 2 amide bonds. The summed E-state index contributed by atoms with van der Waals surface area (Å²) in [6, 6.07) is -0.930. The van der Waals surface area contributed by atoms with E-state index in [9.17, 15) is 24.3 Å². The molecule has 4 saturated heterocycles. The van der Waals surface area contributed by atoms with Crippen LogP contribution < -0.4 is 10.6 Å². The van der Waals surface area contributed by atoms with Gasteiger partial charge < -0.3 is 30.0 Å². The van der Waals surface area contributed by atoms with Gasteiger partial charge in [0.1, 0.15) is 6.04 Å². The van der Waals surface area contributed by atoms with Crippen molar-refractivity contribution < 1.29 is 48.3 Å². The Balaban J connectivity index is 1.21. The lowest BCUT2D eigenvalue weighted by molar-refractivity contribution is -0.576. The molecule has 0 aromatic rings. The average molecular weight is 583 g/mol. The Labute approximate surface area is 241 Å². The van der Waals surface area contributed by atoms with Gasteiger partial charge in [-0.25, -0.2) is 14.6 Å². The van der Waals surface area contributed by atoms with Crippen LogP contribution in [0.4, 0.5) is 0 Å². The van der Waals surface area contributed by atoms with E-state index in [-0.39, 0.29) is 61.3 Å². The molecule has 2 bridgehead atoms. The van der Waals surface area contributed by atoms with Gasteiger partial charge in [0.15, 0.2) is 11.9 Å². The zero-order valence-corrected chi connectivity index (χ0v) is 24.8. The second-order valence-corrected chi connectivity index (χ2v) is 12.8. The minimum absolute atomic E-state index is 0.0274. The van der Waals surface area contributed by atoms with Crippen LogP contribution in [0, 0.1) is 29.6 Å². The molecule has 0 unspecified atom stereocenters. The summed E-state index contributed by atoms with van der Waals surface area (Å²) >= 11 is 0. The number of hydrogen-bond donors (Lipinski definition) is 3. The molecule has 5 rings (SSSR count). The highest BCUT2D eigenvalue weighted by Crippen LogP contribution is 2.60. The number of fused-ring (bicyclic) bond motifs is 2. The number of carbonyl (C=O) groups is 4. The summed E-state index contributed by atoms with van der Waals surface area (Å²) in [6.07, 6.45) is 2.56. The van der Waals surface area contributed by atoms with Gasteiger partial charge in [-0.2, -0.15) is 0 Å². The van der Waals surface area contributed by atoms with Crippen molar-refractivity contribution in [3.05, 3.63) is 0 Å². The Morgan fingerprint density at radius 2 is 1.76 bits per heavy atom. The first kappa shape index (κ1) is 31.7. The first-order valence-electron chi connectivity index (χ1n) is 15.0. The third-order valence-electron chi connectivity index (χ3n) is 9.14. The highest BCUT2D eigenvalue weighted by molar-refractivity contribution is 5.83. The molecule has 5 aliphatic rings. The molecule has 0 radical (unpaired) electrons. The quantitative estimate of drug-likeness (QED) is 0.177. The topological polar surface area (TPSA) is 159 Å². The van der Waals surface area contributed by atoms with Gasteiger partial charge in [-0.15, -0.1) is 0 Å². The van der Waals surface area contributed by atoms with Crippen molar-refractivity contribution in [2.45, 2.75) is 122 Å². The van der Waals surface area contributed by atoms with E-state index in [4.69, 9.17) is 24.0 Å². The van der Waals surface area contributed by atoms with E-state index in [1.165, 1.54) is 0 Å². The molecule has 12 nitrogen and oxygen atoms in total. The third-order valence-corrected chi connectivity index (χ3v) is 9.14. The van der Waals surface area contributed by atoms with Crippen LogP contribution in [0.1, 0.15) is 92.4 Å². The first-order chi connectivity index (χ1) is 19.3. The van der Waals surface area contributed by atoms with E-state index in [1.54, 1.807) is 0 Å². The van der Waals surface area contributed by atoms with Crippen LogP contribution in [0.2, 0.25) is 0 Å². The number of carboxylic acids is 1. The Hall–Kier alpha value is -2.28. The number of carboxylic acid groups (broad SMARTS) is 1. The van der Waals surface area contributed by atoms with Crippen LogP contribution in [0.3, 0.4) is 0 Å². The van der Waals surface area contributed by atoms with Gasteiger partial charge in [-0.05, 0) is 56.8 Å². The molecule has 1 saturated carbocycles. The highest BCUT2D eigenvalue weighted by atomic mass is 17.3. The normalized spacial score (nSPS) is 36.5. The van der Waals surface area contributed by atoms with Crippen molar-refractivity contribution in [2.24, 2.45) is 29.6 Å². The summed E-state index contributed by atoms with van der Waals surface area (Å²) in [5, 5.41) is 14.5. The molecule has 12 heteroatoms. The summed E-state index contributed by atoms with van der Waals surface area (Å²) in [7, 11) is 0. The molecule has 4 heterocycles. The van der Waals surface area contributed by atoms with Gasteiger partial charge >= 0.3 is 11.9 Å². The average Bonchev–Trinajstić information content (AvgIpc) is 3.13. The molecule has 3 N–H and O–H groups in total. The van der Waals surface area contributed by atoms with E-state index < -0.39 is 41.9 Å². The molecule has 1 spiro atoms. The van der Waals surface area contributed by atoms with Crippen molar-refractivity contribution in [3.63, 3.8) is 0 Å². The summed E-state index contributed by atoms with van der Waals surface area (Å²) in [5.41, 5.74) is -0.740. The molecule has 41 heavy (non-hydrogen) atoms. The monoisotopic (exact) mass is 582 g/mol. The zero-order chi connectivity index (χ0) is 29.9. The number of ether oxygens (including phenoxy) is 3. The van der Waals surface area contributed by atoms with E-state index >= 15 is 0 Å². The number of aliphatic carboxylic acids is 1. The van der Waals surface area contributed by atoms with E-state index in [2.05, 4.69) is 17.6 Å². The molecule has 5 fully saturated rings. The van der Waals surface area contributed by atoms with Crippen molar-refractivity contribution >= 4 is 23.8 Å². The van der Waals surface area contributed by atoms with Gasteiger partial charge in [0.25, 0.3) is 0 Å². The van der Waals surface area contributed by atoms with Crippen LogP contribution in [-0.2, 0) is 43.2 Å². The van der Waals surface area contributed by atoms with Crippen molar-refractivity contribution in [2.75, 3.05) is 6.54 Å². The second kappa shape index (κ2) is 12.9. The van der Waals surface area contributed by atoms with Gasteiger partial charge in [0.2, 0.25) is 23.9 Å². The van der Waals surface area contributed by atoms with Gasteiger partial charge in [-0.1, -0.05) is 27.7 Å². The van der Waals surface area contributed by atoms with E-state index in [0.717, 1.165) is 19.3 Å². The SMILES string of the molecule is CC(C)C[C@H](NC(=O)CCCNC(=O)CCC(=O)O[C@@H]1O[C@H]2O[C@@]3(C)CC[C@H]4[C@H](C)CC[C@H]([C@@H]1C)[C@]24OO3)C(=O)O. The van der Waals surface area contributed by atoms with Crippen molar-refractivity contribution in [3.8, 4) is 0 Å². The lowest BCUT2D eigenvalue weighted by atomic mass is 9.58. The van der Waals surface area contributed by atoms with E-state index in [1.807, 2.05) is 27.7 Å². The van der Waals surface area contributed by atoms with Crippen LogP contribution in [0.25, 0.3) is 0 Å². The van der Waals surface area contributed by atoms with Crippen LogP contribution in [0.5, 0.6) is 0 Å². The maximum atomic E-state index is 12.7. The van der Waals surface area contributed by atoms with E-state index in [0.29, 0.717) is 25.2 Å². The fraction of sp³-hybridized carbons (Fsp3) is 0.862. The van der Waals surface area contributed by atoms with Crippen molar-refractivity contribution in [1.82, 2.24) is 10.6 Å². The number of hydrogen-bond acceptors (Lipinski definition) is 9. The van der Waals surface area contributed by atoms with Crippen LogP contribution in [-0.4, -0.2) is 65.4 Å². The van der Waals surface area contributed by atoms with Crippen LogP contribution in [0.15, 0.2) is 0 Å². The molecule has 9 atom stereocenters. The summed E-state index contributed by atoms with van der Waals surface area (Å²) < 4.78 is 18.3. The Morgan fingerprint density at radius 1 is 1.00 bits per heavy atom. The minimum Gasteiger partial charge on any atom is -0.480 e. The third kappa shape index (κ3) is 7.03. The molecule has 0 aromatic heterocycles. The number of esters is 1.